The van der Waals surface area contributed by atoms with Crippen molar-refractivity contribution in [2.75, 3.05) is 25.9 Å². The van der Waals surface area contributed by atoms with Crippen LogP contribution in [0.15, 0.2) is 18.3 Å². The van der Waals surface area contributed by atoms with E-state index in [2.05, 4.69) is 9.82 Å². The Hall–Kier alpha value is -1.67. The van der Waals surface area contributed by atoms with Crippen LogP contribution in [0, 0.1) is 0 Å². The van der Waals surface area contributed by atoms with Crippen molar-refractivity contribution in [2.45, 2.75) is 6.42 Å². The third kappa shape index (κ3) is 3.26. The van der Waals surface area contributed by atoms with E-state index in [-0.39, 0.29) is 5.91 Å². The molecule has 1 aromatic rings. The highest BCUT2D eigenvalue weighted by Gasteiger charge is 2.23. The van der Waals surface area contributed by atoms with Gasteiger partial charge in [-0.1, -0.05) is 6.08 Å². The molecule has 2 heterocycles. The van der Waals surface area contributed by atoms with Gasteiger partial charge in [0.05, 0.1) is 5.69 Å². The summed E-state index contributed by atoms with van der Waals surface area (Å²) >= 11 is 0. The first-order valence-corrected chi connectivity index (χ1v) is 7.94. The lowest BCUT2D eigenvalue weighted by atomic mass is 10.0. The second-order valence-corrected chi connectivity index (χ2v) is 6.55. The maximum absolute atomic E-state index is 11.9. The quantitative estimate of drug-likeness (QED) is 0.818. The minimum absolute atomic E-state index is 0.375. The fraction of sp³-hybridized carbons (Fsp3) is 0.500. The molecule has 0 spiro atoms. The predicted octanol–water partition coefficient (Wildman–Crippen LogP) is -0.415. The number of hydrogen-bond acceptors (Lipinski definition) is 4. The monoisotopic (exact) mass is 298 g/mol. The van der Waals surface area contributed by atoms with Gasteiger partial charge in [-0.2, -0.15) is 5.10 Å². The Bertz CT molecular complexity index is 633. The predicted molar refractivity (Wildman–Crippen MR) is 75.2 cm³/mol. The Morgan fingerprint density at radius 2 is 2.25 bits per heavy atom. The van der Waals surface area contributed by atoms with Gasteiger partial charge < -0.3 is 4.90 Å². The second kappa shape index (κ2) is 5.76. The number of aromatic nitrogens is 2. The summed E-state index contributed by atoms with van der Waals surface area (Å²) in [6.45, 7) is 0.952. The average Bonchev–Trinajstić information content (AvgIpc) is 2.85. The lowest BCUT2D eigenvalue weighted by Crippen LogP contribution is -2.40. The summed E-state index contributed by atoms with van der Waals surface area (Å²) in [5, 5.41) is 4.11. The lowest BCUT2D eigenvalue weighted by molar-refractivity contribution is -0.128. The van der Waals surface area contributed by atoms with Gasteiger partial charge in [-0.25, -0.2) is 13.1 Å². The van der Waals surface area contributed by atoms with Gasteiger partial charge in [0.25, 0.3) is 0 Å². The van der Waals surface area contributed by atoms with E-state index < -0.39 is 15.8 Å². The molecule has 20 heavy (non-hydrogen) atoms. The van der Waals surface area contributed by atoms with Crippen molar-refractivity contribution in [1.29, 1.82) is 0 Å². The summed E-state index contributed by atoms with van der Waals surface area (Å²) in [5.74, 6) is -0.877. The minimum atomic E-state index is -3.51. The third-order valence-corrected chi connectivity index (χ3v) is 4.59. The van der Waals surface area contributed by atoms with E-state index in [1.54, 1.807) is 15.8 Å². The van der Waals surface area contributed by atoms with Gasteiger partial charge in [-0.3, -0.25) is 9.48 Å². The van der Waals surface area contributed by atoms with Crippen LogP contribution in [0.25, 0.3) is 5.57 Å². The molecule has 1 aliphatic heterocycles. The van der Waals surface area contributed by atoms with E-state index in [1.807, 2.05) is 19.2 Å². The molecule has 0 saturated heterocycles. The van der Waals surface area contributed by atoms with Crippen LogP contribution in [0.4, 0.5) is 0 Å². The van der Waals surface area contributed by atoms with Crippen LogP contribution >= 0.6 is 0 Å². The number of carbonyl (C=O) groups is 1. The highest BCUT2D eigenvalue weighted by molar-refractivity contribution is 7.90. The topological polar surface area (TPSA) is 84.3 Å². The molecule has 1 aromatic heterocycles. The van der Waals surface area contributed by atoms with Gasteiger partial charge in [0.2, 0.25) is 15.9 Å². The molecule has 0 bridgehead atoms. The number of sulfonamides is 1. The zero-order valence-electron chi connectivity index (χ0n) is 11.5. The first-order valence-electron chi connectivity index (χ1n) is 6.29. The molecule has 0 saturated carbocycles. The highest BCUT2D eigenvalue weighted by atomic mass is 32.2. The van der Waals surface area contributed by atoms with E-state index >= 15 is 0 Å². The van der Waals surface area contributed by atoms with Gasteiger partial charge in [0, 0.05) is 26.3 Å². The van der Waals surface area contributed by atoms with Crippen LogP contribution in [0.2, 0.25) is 0 Å². The molecule has 8 heteroatoms. The van der Waals surface area contributed by atoms with Crippen molar-refractivity contribution in [2.24, 2.45) is 7.05 Å². The molecule has 1 aliphatic rings. The first kappa shape index (κ1) is 14.7. The Morgan fingerprint density at radius 3 is 2.75 bits per heavy atom. The van der Waals surface area contributed by atoms with Gasteiger partial charge in [0.15, 0.2) is 0 Å². The molecule has 2 rings (SSSR count). The standard InChI is InChI=1S/C12H18N4O3S/c1-13-20(18,19)9-12(17)16-7-4-10(5-8-16)11-3-6-14-15(11)2/h3-4,6,13H,5,7-9H2,1-2H3. The molecule has 0 aliphatic carbocycles. The summed E-state index contributed by atoms with van der Waals surface area (Å²) in [7, 11) is -0.334. The number of hydrogen-bond donors (Lipinski definition) is 1. The van der Waals surface area contributed by atoms with E-state index in [4.69, 9.17) is 0 Å². The molecule has 7 nitrogen and oxygen atoms in total. The third-order valence-electron chi connectivity index (χ3n) is 3.34. The van der Waals surface area contributed by atoms with E-state index in [0.29, 0.717) is 19.5 Å². The fourth-order valence-corrected chi connectivity index (χ4v) is 2.80. The number of nitrogens with zero attached hydrogens (tertiary/aromatic N) is 3. The van der Waals surface area contributed by atoms with Crippen molar-refractivity contribution < 1.29 is 13.2 Å². The average molecular weight is 298 g/mol. The molecular formula is C12H18N4O3S. The van der Waals surface area contributed by atoms with Gasteiger partial charge in [-0.05, 0) is 25.1 Å². The zero-order valence-corrected chi connectivity index (χ0v) is 12.4. The maximum atomic E-state index is 11.9. The molecule has 0 unspecified atom stereocenters. The molecule has 0 aromatic carbocycles. The van der Waals surface area contributed by atoms with Crippen molar-refractivity contribution >= 4 is 21.5 Å². The normalized spacial score (nSPS) is 16.1. The van der Waals surface area contributed by atoms with E-state index in [1.165, 1.54) is 7.05 Å². The van der Waals surface area contributed by atoms with Gasteiger partial charge >= 0.3 is 0 Å². The largest absolute Gasteiger partial charge is 0.338 e. The zero-order chi connectivity index (χ0) is 14.8. The molecule has 0 atom stereocenters. The van der Waals surface area contributed by atoms with Gasteiger partial charge in [-0.15, -0.1) is 0 Å². The number of carbonyl (C=O) groups excluding carboxylic acids is 1. The highest BCUT2D eigenvalue weighted by Crippen LogP contribution is 2.21. The molecule has 0 radical (unpaired) electrons. The maximum Gasteiger partial charge on any atom is 0.239 e. The summed E-state index contributed by atoms with van der Waals surface area (Å²) < 4.78 is 26.7. The van der Waals surface area contributed by atoms with Crippen LogP contribution in [-0.4, -0.2) is 54.9 Å². The van der Waals surface area contributed by atoms with Crippen LogP contribution < -0.4 is 4.72 Å². The smallest absolute Gasteiger partial charge is 0.239 e. The Kier molecular flexibility index (Phi) is 4.24. The molecule has 1 amide bonds. The van der Waals surface area contributed by atoms with Crippen LogP contribution in [0.3, 0.4) is 0 Å². The summed E-state index contributed by atoms with van der Waals surface area (Å²) in [6, 6.07) is 1.93. The fourth-order valence-electron chi connectivity index (χ4n) is 2.14. The van der Waals surface area contributed by atoms with Crippen molar-refractivity contribution in [1.82, 2.24) is 19.4 Å². The Morgan fingerprint density at radius 1 is 1.50 bits per heavy atom. The summed E-state index contributed by atoms with van der Waals surface area (Å²) in [6.07, 6.45) is 4.38. The molecular weight excluding hydrogens is 280 g/mol. The Balaban J connectivity index is 2.02. The van der Waals surface area contributed by atoms with Crippen LogP contribution in [0.1, 0.15) is 12.1 Å². The number of amides is 1. The van der Waals surface area contributed by atoms with E-state index in [0.717, 1.165) is 11.3 Å². The minimum Gasteiger partial charge on any atom is -0.338 e. The van der Waals surface area contributed by atoms with Crippen molar-refractivity contribution in [3.05, 3.63) is 24.0 Å². The molecule has 110 valence electrons. The van der Waals surface area contributed by atoms with Crippen molar-refractivity contribution in [3.8, 4) is 0 Å². The molecule has 0 fully saturated rings. The Labute approximate surface area is 118 Å². The molecule has 1 N–H and O–H groups in total. The summed E-state index contributed by atoms with van der Waals surface area (Å²) in [4.78, 5) is 13.4. The number of aryl methyl sites for hydroxylation is 1. The number of nitrogens with one attached hydrogen (secondary N) is 1. The SMILES string of the molecule is CNS(=O)(=O)CC(=O)N1CC=C(c2ccnn2C)CC1. The lowest BCUT2D eigenvalue weighted by Gasteiger charge is -2.26. The number of rotatable bonds is 4. The van der Waals surface area contributed by atoms with Crippen molar-refractivity contribution in [3.63, 3.8) is 0 Å². The summed E-state index contributed by atoms with van der Waals surface area (Å²) in [5.41, 5.74) is 2.16. The van der Waals surface area contributed by atoms with E-state index in [9.17, 15) is 13.2 Å². The van der Waals surface area contributed by atoms with Gasteiger partial charge in [0.1, 0.15) is 5.75 Å². The van der Waals surface area contributed by atoms with Crippen LogP contribution in [-0.2, 0) is 21.9 Å². The van der Waals surface area contributed by atoms with Crippen LogP contribution in [0.5, 0.6) is 0 Å². The second-order valence-electron chi connectivity index (χ2n) is 4.62. The first-order chi connectivity index (χ1) is 9.43.